The van der Waals surface area contributed by atoms with E-state index in [0.29, 0.717) is 34.4 Å². The highest BCUT2D eigenvalue weighted by Crippen LogP contribution is 2.32. The summed E-state index contributed by atoms with van der Waals surface area (Å²) in [6, 6.07) is 9.00. The molecule has 1 aromatic carbocycles. The summed E-state index contributed by atoms with van der Waals surface area (Å²) in [6.45, 7) is 2.04. The Morgan fingerprint density at radius 2 is 1.96 bits per heavy atom. The van der Waals surface area contributed by atoms with Crippen LogP contribution in [0.15, 0.2) is 35.4 Å². The summed E-state index contributed by atoms with van der Waals surface area (Å²) in [7, 11) is 3.14. The van der Waals surface area contributed by atoms with Crippen LogP contribution in [-0.2, 0) is 4.79 Å². The van der Waals surface area contributed by atoms with Gasteiger partial charge in [-0.3, -0.25) is 4.79 Å². The smallest absolute Gasteiger partial charge is 0.317 e. The lowest BCUT2D eigenvalue weighted by molar-refractivity contribution is -0.136. The SMILES string of the molecule is CCCCC(Sc1ccc2nnc(-c3ccc(OC)c(OC)c3)n2n1)C(=O)O. The van der Waals surface area contributed by atoms with Crippen LogP contribution in [0.3, 0.4) is 0 Å². The number of unbranched alkanes of at least 4 members (excludes halogenated alkanes) is 1. The van der Waals surface area contributed by atoms with Crippen LogP contribution in [0.4, 0.5) is 0 Å². The fourth-order valence-corrected chi connectivity index (χ4v) is 3.71. The number of benzene rings is 1. The first-order valence-electron chi connectivity index (χ1n) is 8.91. The maximum absolute atomic E-state index is 11.5. The van der Waals surface area contributed by atoms with Gasteiger partial charge >= 0.3 is 5.97 Å². The molecule has 0 aliphatic carbocycles. The van der Waals surface area contributed by atoms with Crippen LogP contribution in [0.5, 0.6) is 11.5 Å². The van der Waals surface area contributed by atoms with Crippen molar-refractivity contribution in [1.82, 2.24) is 19.8 Å². The molecule has 0 spiro atoms. The number of thioether (sulfide) groups is 1. The molecule has 3 rings (SSSR count). The molecule has 0 amide bonds. The Hall–Kier alpha value is -2.81. The molecule has 2 aromatic heterocycles. The molecule has 148 valence electrons. The second-order valence-electron chi connectivity index (χ2n) is 6.12. The van der Waals surface area contributed by atoms with Gasteiger partial charge in [0.1, 0.15) is 10.3 Å². The first-order chi connectivity index (χ1) is 13.6. The lowest BCUT2D eigenvalue weighted by Gasteiger charge is -2.11. The van der Waals surface area contributed by atoms with Gasteiger partial charge in [0.25, 0.3) is 0 Å². The van der Waals surface area contributed by atoms with E-state index in [9.17, 15) is 9.90 Å². The van der Waals surface area contributed by atoms with Crippen molar-refractivity contribution in [3.8, 4) is 22.9 Å². The number of nitrogens with zero attached hydrogens (tertiary/aromatic N) is 4. The van der Waals surface area contributed by atoms with E-state index in [0.717, 1.165) is 18.4 Å². The fourth-order valence-electron chi connectivity index (χ4n) is 2.76. The van der Waals surface area contributed by atoms with Crippen molar-refractivity contribution >= 4 is 23.4 Å². The molecule has 1 unspecified atom stereocenters. The molecule has 0 aliphatic rings. The number of hydrogen-bond acceptors (Lipinski definition) is 7. The van der Waals surface area contributed by atoms with Gasteiger partial charge < -0.3 is 14.6 Å². The molecule has 0 saturated heterocycles. The van der Waals surface area contributed by atoms with E-state index in [1.165, 1.54) is 11.8 Å². The lowest BCUT2D eigenvalue weighted by Crippen LogP contribution is -2.16. The quantitative estimate of drug-likeness (QED) is 0.543. The minimum atomic E-state index is -0.829. The molecule has 0 aliphatic heterocycles. The average molecular weight is 402 g/mol. The summed E-state index contributed by atoms with van der Waals surface area (Å²) in [5.74, 6) is 0.903. The average Bonchev–Trinajstić information content (AvgIpc) is 3.13. The Labute approximate surface area is 166 Å². The summed E-state index contributed by atoms with van der Waals surface area (Å²) in [4.78, 5) is 11.5. The van der Waals surface area contributed by atoms with E-state index in [1.54, 1.807) is 43.0 Å². The molecule has 9 heteroatoms. The van der Waals surface area contributed by atoms with Gasteiger partial charge in [0.2, 0.25) is 0 Å². The second kappa shape index (κ2) is 8.92. The lowest BCUT2D eigenvalue weighted by atomic mass is 10.2. The molecule has 0 fully saturated rings. The van der Waals surface area contributed by atoms with Crippen molar-refractivity contribution in [2.45, 2.75) is 36.5 Å². The van der Waals surface area contributed by atoms with E-state index in [-0.39, 0.29) is 0 Å². The van der Waals surface area contributed by atoms with Crippen molar-refractivity contribution in [3.05, 3.63) is 30.3 Å². The predicted molar refractivity (Wildman–Crippen MR) is 106 cm³/mol. The second-order valence-corrected chi connectivity index (χ2v) is 7.34. The summed E-state index contributed by atoms with van der Waals surface area (Å²) in [5, 5.41) is 22.5. The Kier molecular flexibility index (Phi) is 6.35. The number of aromatic nitrogens is 4. The zero-order valence-corrected chi connectivity index (χ0v) is 16.8. The van der Waals surface area contributed by atoms with Crippen molar-refractivity contribution < 1.29 is 19.4 Å². The number of carboxylic acid groups (broad SMARTS) is 1. The summed E-state index contributed by atoms with van der Waals surface area (Å²) < 4.78 is 12.2. The standard InChI is InChI=1S/C19H22N4O4S/c1-4-5-6-15(19(24)25)28-17-10-9-16-20-21-18(23(16)22-17)12-7-8-13(26-2)14(11-12)27-3/h7-11,15H,4-6H2,1-3H3,(H,24,25). The van der Waals surface area contributed by atoms with Crippen LogP contribution in [0, 0.1) is 0 Å². The molecule has 0 bridgehead atoms. The predicted octanol–water partition coefficient (Wildman–Crippen LogP) is 3.54. The summed E-state index contributed by atoms with van der Waals surface area (Å²) in [5.41, 5.74) is 1.34. The number of carbonyl (C=O) groups is 1. The fraction of sp³-hybridized carbons (Fsp3) is 0.368. The van der Waals surface area contributed by atoms with Crippen molar-refractivity contribution in [3.63, 3.8) is 0 Å². The van der Waals surface area contributed by atoms with Crippen molar-refractivity contribution in [2.75, 3.05) is 14.2 Å². The van der Waals surface area contributed by atoms with Crippen LogP contribution < -0.4 is 9.47 Å². The minimum absolute atomic E-state index is 0.536. The van der Waals surface area contributed by atoms with E-state index in [4.69, 9.17) is 9.47 Å². The van der Waals surface area contributed by atoms with Crippen LogP contribution in [0.2, 0.25) is 0 Å². The van der Waals surface area contributed by atoms with Gasteiger partial charge in [-0.15, -0.1) is 10.2 Å². The van der Waals surface area contributed by atoms with Gasteiger partial charge in [0, 0.05) is 5.56 Å². The van der Waals surface area contributed by atoms with E-state index < -0.39 is 11.2 Å². The molecule has 3 aromatic rings. The highest BCUT2D eigenvalue weighted by molar-refractivity contribution is 8.00. The van der Waals surface area contributed by atoms with Crippen LogP contribution in [0.1, 0.15) is 26.2 Å². The highest BCUT2D eigenvalue weighted by Gasteiger charge is 2.20. The number of methoxy groups -OCH3 is 2. The Morgan fingerprint density at radius 3 is 2.64 bits per heavy atom. The third kappa shape index (κ3) is 4.19. The minimum Gasteiger partial charge on any atom is -0.493 e. The van der Waals surface area contributed by atoms with E-state index >= 15 is 0 Å². The number of aliphatic carboxylic acids is 1. The molecule has 0 saturated carbocycles. The monoisotopic (exact) mass is 402 g/mol. The third-order valence-electron chi connectivity index (χ3n) is 4.24. The molecule has 8 nitrogen and oxygen atoms in total. The van der Waals surface area contributed by atoms with Gasteiger partial charge in [0.15, 0.2) is 23.0 Å². The Bertz CT molecular complexity index is 976. The third-order valence-corrected chi connectivity index (χ3v) is 5.42. The van der Waals surface area contributed by atoms with E-state index in [2.05, 4.69) is 15.3 Å². The van der Waals surface area contributed by atoms with Crippen molar-refractivity contribution in [2.24, 2.45) is 0 Å². The van der Waals surface area contributed by atoms with Gasteiger partial charge in [-0.05, 0) is 36.8 Å². The van der Waals surface area contributed by atoms with Crippen LogP contribution in [-0.4, -0.2) is 50.4 Å². The zero-order chi connectivity index (χ0) is 20.1. The zero-order valence-electron chi connectivity index (χ0n) is 16.0. The molecule has 2 heterocycles. The summed E-state index contributed by atoms with van der Waals surface area (Å²) >= 11 is 1.24. The molecule has 1 atom stereocenters. The van der Waals surface area contributed by atoms with Gasteiger partial charge in [0.05, 0.1) is 14.2 Å². The first-order valence-corrected chi connectivity index (χ1v) is 9.79. The van der Waals surface area contributed by atoms with Gasteiger partial charge in [-0.2, -0.15) is 9.61 Å². The highest BCUT2D eigenvalue weighted by atomic mass is 32.2. The maximum Gasteiger partial charge on any atom is 0.317 e. The Morgan fingerprint density at radius 1 is 1.18 bits per heavy atom. The molecule has 28 heavy (non-hydrogen) atoms. The van der Waals surface area contributed by atoms with Crippen LogP contribution >= 0.6 is 11.8 Å². The normalized spacial score (nSPS) is 12.1. The number of fused-ring (bicyclic) bond motifs is 1. The number of rotatable bonds is 9. The van der Waals surface area contributed by atoms with Crippen LogP contribution in [0.25, 0.3) is 17.0 Å². The Balaban J connectivity index is 1.95. The van der Waals surface area contributed by atoms with E-state index in [1.807, 2.05) is 13.0 Å². The summed E-state index contributed by atoms with van der Waals surface area (Å²) in [6.07, 6.45) is 2.41. The van der Waals surface area contributed by atoms with Crippen molar-refractivity contribution in [1.29, 1.82) is 0 Å². The topological polar surface area (TPSA) is 98.8 Å². The maximum atomic E-state index is 11.5. The molecule has 0 radical (unpaired) electrons. The van der Waals surface area contributed by atoms with Gasteiger partial charge in [-0.1, -0.05) is 31.5 Å². The number of ether oxygens (including phenoxy) is 2. The molecule has 1 N–H and O–H groups in total. The molecular weight excluding hydrogens is 380 g/mol. The number of carboxylic acids is 1. The van der Waals surface area contributed by atoms with Gasteiger partial charge in [-0.25, -0.2) is 0 Å². The largest absolute Gasteiger partial charge is 0.493 e. The molecular formula is C19H22N4O4S. The first kappa shape index (κ1) is 19.9. The number of hydrogen-bond donors (Lipinski definition) is 1.